The summed E-state index contributed by atoms with van der Waals surface area (Å²) in [5.41, 5.74) is 0. The van der Waals surface area contributed by atoms with Crippen molar-refractivity contribution in [1.29, 1.82) is 0 Å². The van der Waals surface area contributed by atoms with E-state index in [4.69, 9.17) is 4.52 Å². The molecule has 0 amide bonds. The van der Waals surface area contributed by atoms with Crippen molar-refractivity contribution in [2.24, 2.45) is 0 Å². The van der Waals surface area contributed by atoms with Crippen LogP contribution in [0.3, 0.4) is 0 Å². The van der Waals surface area contributed by atoms with Crippen LogP contribution in [-0.2, 0) is 6.42 Å². The maximum absolute atomic E-state index is 5.45. The summed E-state index contributed by atoms with van der Waals surface area (Å²) in [6.07, 6.45) is 4.50. The molecule has 5 heteroatoms. The van der Waals surface area contributed by atoms with Gasteiger partial charge in [-0.2, -0.15) is 4.98 Å². The summed E-state index contributed by atoms with van der Waals surface area (Å²) in [5, 5.41) is 9.80. The summed E-state index contributed by atoms with van der Waals surface area (Å²) >= 11 is 1.74. The van der Waals surface area contributed by atoms with E-state index in [1.54, 1.807) is 11.3 Å². The Bertz CT molecular complexity index is 536. The van der Waals surface area contributed by atoms with Gasteiger partial charge < -0.3 is 9.84 Å². The first-order valence-corrected chi connectivity index (χ1v) is 7.37. The number of rotatable bonds is 3. The second-order valence-electron chi connectivity index (χ2n) is 5.19. The van der Waals surface area contributed by atoms with Crippen LogP contribution >= 0.6 is 11.3 Å². The van der Waals surface area contributed by atoms with E-state index < -0.39 is 0 Å². The van der Waals surface area contributed by atoms with Crippen LogP contribution in [0.15, 0.2) is 22.0 Å². The predicted molar refractivity (Wildman–Crippen MR) is 68.7 cm³/mol. The predicted octanol–water partition coefficient (Wildman–Crippen LogP) is 2.33. The summed E-state index contributed by atoms with van der Waals surface area (Å²) in [4.78, 5) is 5.86. The van der Waals surface area contributed by atoms with E-state index in [9.17, 15) is 0 Å². The quantitative estimate of drug-likeness (QED) is 0.921. The molecule has 18 heavy (non-hydrogen) atoms. The van der Waals surface area contributed by atoms with E-state index in [0.717, 1.165) is 24.6 Å². The smallest absolute Gasteiger partial charge is 0.231 e. The molecule has 4 rings (SSSR count). The molecule has 2 aromatic heterocycles. The summed E-state index contributed by atoms with van der Waals surface area (Å²) in [6.45, 7) is 0. The van der Waals surface area contributed by atoms with Crippen LogP contribution < -0.4 is 5.32 Å². The molecule has 0 aliphatic carbocycles. The van der Waals surface area contributed by atoms with Crippen molar-refractivity contribution in [2.75, 3.05) is 0 Å². The first-order chi connectivity index (χ1) is 8.88. The number of nitrogens with zero attached hydrogens (tertiary/aromatic N) is 2. The SMILES string of the molecule is c1csc(Cc2noc(C3CC4CCC3N4)n2)c1. The third-order valence-electron chi connectivity index (χ3n) is 4.01. The number of thiophene rings is 1. The van der Waals surface area contributed by atoms with Crippen molar-refractivity contribution in [1.82, 2.24) is 15.5 Å². The minimum Gasteiger partial charge on any atom is -0.339 e. The van der Waals surface area contributed by atoms with E-state index in [1.165, 1.54) is 17.7 Å². The molecule has 3 atom stereocenters. The van der Waals surface area contributed by atoms with E-state index in [0.29, 0.717) is 18.0 Å². The molecule has 2 aromatic rings. The minimum atomic E-state index is 0.438. The Morgan fingerprint density at radius 2 is 2.44 bits per heavy atom. The van der Waals surface area contributed by atoms with Gasteiger partial charge in [0.15, 0.2) is 5.82 Å². The average Bonchev–Trinajstić information content (AvgIpc) is 3.14. The number of fused-ring (bicyclic) bond motifs is 2. The number of hydrogen-bond acceptors (Lipinski definition) is 5. The fraction of sp³-hybridized carbons (Fsp3) is 0.538. The zero-order valence-electron chi connectivity index (χ0n) is 10.0. The molecule has 2 aliphatic heterocycles. The fourth-order valence-electron chi connectivity index (χ4n) is 3.16. The Balaban J connectivity index is 1.52. The largest absolute Gasteiger partial charge is 0.339 e. The van der Waals surface area contributed by atoms with Gasteiger partial charge in [-0.05, 0) is 30.7 Å². The van der Waals surface area contributed by atoms with E-state index in [-0.39, 0.29) is 0 Å². The molecule has 0 radical (unpaired) electrons. The van der Waals surface area contributed by atoms with Gasteiger partial charge in [-0.25, -0.2) is 0 Å². The van der Waals surface area contributed by atoms with Crippen molar-refractivity contribution in [3.05, 3.63) is 34.1 Å². The van der Waals surface area contributed by atoms with Crippen LogP contribution in [0.1, 0.15) is 41.8 Å². The Morgan fingerprint density at radius 1 is 1.44 bits per heavy atom. The monoisotopic (exact) mass is 261 g/mol. The summed E-state index contributed by atoms with van der Waals surface area (Å²) in [6, 6.07) is 5.40. The molecular formula is C13H15N3OS. The van der Waals surface area contributed by atoms with Crippen LogP contribution in [0.25, 0.3) is 0 Å². The Labute approximate surface area is 109 Å². The molecule has 4 nitrogen and oxygen atoms in total. The number of aromatic nitrogens is 2. The van der Waals surface area contributed by atoms with Gasteiger partial charge in [-0.1, -0.05) is 11.2 Å². The van der Waals surface area contributed by atoms with Crippen molar-refractivity contribution in [3.63, 3.8) is 0 Å². The van der Waals surface area contributed by atoms with Gasteiger partial charge in [0.1, 0.15) is 0 Å². The lowest BCUT2D eigenvalue weighted by molar-refractivity contribution is 0.327. The minimum absolute atomic E-state index is 0.438. The van der Waals surface area contributed by atoms with Crippen LogP contribution in [0, 0.1) is 0 Å². The Kier molecular flexibility index (Phi) is 2.48. The van der Waals surface area contributed by atoms with Crippen LogP contribution in [0.5, 0.6) is 0 Å². The molecule has 1 N–H and O–H groups in total. The lowest BCUT2D eigenvalue weighted by Gasteiger charge is -2.15. The topological polar surface area (TPSA) is 51.0 Å². The highest BCUT2D eigenvalue weighted by Gasteiger charge is 2.42. The highest BCUT2D eigenvalue weighted by atomic mass is 32.1. The van der Waals surface area contributed by atoms with Crippen molar-refractivity contribution < 1.29 is 4.52 Å². The zero-order valence-corrected chi connectivity index (χ0v) is 10.8. The molecule has 0 aromatic carbocycles. The van der Waals surface area contributed by atoms with Crippen molar-refractivity contribution in [3.8, 4) is 0 Å². The van der Waals surface area contributed by atoms with E-state index >= 15 is 0 Å². The van der Waals surface area contributed by atoms with Gasteiger partial charge in [0.2, 0.25) is 5.89 Å². The molecule has 2 saturated heterocycles. The van der Waals surface area contributed by atoms with Gasteiger partial charge in [0.25, 0.3) is 0 Å². The highest BCUT2D eigenvalue weighted by molar-refractivity contribution is 7.09. The molecule has 94 valence electrons. The first kappa shape index (κ1) is 10.7. The van der Waals surface area contributed by atoms with Gasteiger partial charge in [-0.15, -0.1) is 11.3 Å². The third-order valence-corrected chi connectivity index (χ3v) is 4.89. The molecule has 0 saturated carbocycles. The van der Waals surface area contributed by atoms with Crippen LogP contribution in [0.2, 0.25) is 0 Å². The van der Waals surface area contributed by atoms with E-state index in [1.807, 2.05) is 0 Å². The third kappa shape index (κ3) is 1.78. The molecule has 2 bridgehead atoms. The fourth-order valence-corrected chi connectivity index (χ4v) is 3.86. The maximum atomic E-state index is 5.45. The lowest BCUT2D eigenvalue weighted by atomic mass is 9.89. The normalized spacial score (nSPS) is 30.1. The standard InChI is InChI=1S/C13H15N3OS/c1-2-9(18-5-1)7-12-15-13(17-16-12)10-6-8-3-4-11(10)14-8/h1-2,5,8,10-11,14H,3-4,6-7H2. The molecule has 2 fully saturated rings. The van der Waals surface area contributed by atoms with Crippen LogP contribution in [0.4, 0.5) is 0 Å². The van der Waals surface area contributed by atoms with Crippen LogP contribution in [-0.4, -0.2) is 22.2 Å². The van der Waals surface area contributed by atoms with Crippen molar-refractivity contribution in [2.45, 2.75) is 43.7 Å². The molecule has 2 aliphatic rings. The molecule has 0 spiro atoms. The molecule has 3 unspecified atom stereocenters. The van der Waals surface area contributed by atoms with E-state index in [2.05, 4.69) is 33.0 Å². The zero-order chi connectivity index (χ0) is 11.9. The molecule has 4 heterocycles. The summed E-state index contributed by atoms with van der Waals surface area (Å²) in [7, 11) is 0. The van der Waals surface area contributed by atoms with Gasteiger partial charge >= 0.3 is 0 Å². The summed E-state index contributed by atoms with van der Waals surface area (Å²) in [5.74, 6) is 2.09. The maximum Gasteiger partial charge on any atom is 0.231 e. The Hall–Kier alpha value is -1.20. The Morgan fingerprint density at radius 3 is 3.17 bits per heavy atom. The van der Waals surface area contributed by atoms with Gasteiger partial charge in [0.05, 0.1) is 5.92 Å². The lowest BCUT2D eigenvalue weighted by Crippen LogP contribution is -2.21. The van der Waals surface area contributed by atoms with Gasteiger partial charge in [-0.3, -0.25) is 0 Å². The summed E-state index contributed by atoms with van der Waals surface area (Å²) < 4.78 is 5.45. The number of hydrogen-bond donors (Lipinski definition) is 1. The second kappa shape index (κ2) is 4.17. The van der Waals surface area contributed by atoms with Gasteiger partial charge in [0, 0.05) is 23.4 Å². The molecular weight excluding hydrogens is 246 g/mol. The first-order valence-electron chi connectivity index (χ1n) is 6.49. The second-order valence-corrected chi connectivity index (χ2v) is 6.23. The average molecular weight is 261 g/mol. The number of nitrogens with one attached hydrogen (secondary N) is 1. The highest BCUT2D eigenvalue weighted by Crippen LogP contribution is 2.39. The van der Waals surface area contributed by atoms with Crippen molar-refractivity contribution >= 4 is 11.3 Å².